The lowest BCUT2D eigenvalue weighted by Crippen LogP contribution is -2.26. The fraction of sp³-hybridized carbons (Fsp3) is 0.647. The van der Waals surface area contributed by atoms with Crippen LogP contribution in [0.3, 0.4) is 0 Å². The summed E-state index contributed by atoms with van der Waals surface area (Å²) in [5, 5.41) is 9.83. The molecule has 1 aliphatic heterocycles. The van der Waals surface area contributed by atoms with Crippen LogP contribution in [-0.2, 0) is 0 Å². The van der Waals surface area contributed by atoms with Crippen molar-refractivity contribution in [2.45, 2.75) is 52.6 Å². The third-order valence-corrected chi connectivity index (χ3v) is 4.97. The molecule has 1 heterocycles. The summed E-state index contributed by atoms with van der Waals surface area (Å²) in [5.74, 6) is 0. The van der Waals surface area contributed by atoms with Crippen molar-refractivity contribution in [1.82, 2.24) is 0 Å². The fourth-order valence-corrected chi connectivity index (χ4v) is 3.13. The predicted molar refractivity (Wildman–Crippen MR) is 81.5 cm³/mol. The molecule has 0 saturated carbocycles. The summed E-state index contributed by atoms with van der Waals surface area (Å²) >= 11 is 0. The summed E-state index contributed by atoms with van der Waals surface area (Å²) in [6, 6.07) is 8.47. The van der Waals surface area contributed by atoms with E-state index >= 15 is 0 Å². The van der Waals surface area contributed by atoms with Gasteiger partial charge in [0.2, 0.25) is 0 Å². The summed E-state index contributed by atoms with van der Waals surface area (Å²) < 4.78 is 0. The number of nitrogens with zero attached hydrogens (tertiary/aromatic N) is 1. The van der Waals surface area contributed by atoms with Crippen LogP contribution in [0.25, 0.3) is 0 Å². The van der Waals surface area contributed by atoms with Crippen molar-refractivity contribution < 1.29 is 5.11 Å². The van der Waals surface area contributed by atoms with Crippen LogP contribution in [0.1, 0.15) is 58.1 Å². The predicted octanol–water partition coefficient (Wildman–Crippen LogP) is 4.15. The fourth-order valence-electron chi connectivity index (χ4n) is 3.13. The highest BCUT2D eigenvalue weighted by Gasteiger charge is 2.34. The third-order valence-electron chi connectivity index (χ3n) is 4.97. The van der Waals surface area contributed by atoms with Gasteiger partial charge in [-0.1, -0.05) is 32.9 Å². The van der Waals surface area contributed by atoms with Crippen molar-refractivity contribution in [1.29, 1.82) is 0 Å². The molecule has 1 aromatic carbocycles. The van der Waals surface area contributed by atoms with E-state index in [1.807, 2.05) is 6.92 Å². The van der Waals surface area contributed by atoms with Crippen molar-refractivity contribution in [2.24, 2.45) is 5.41 Å². The molecule has 0 spiro atoms. The van der Waals surface area contributed by atoms with E-state index in [0.29, 0.717) is 5.41 Å². The van der Waals surface area contributed by atoms with Crippen LogP contribution in [0.5, 0.6) is 0 Å². The first-order valence-electron chi connectivity index (χ1n) is 7.67. The van der Waals surface area contributed by atoms with Crippen molar-refractivity contribution in [2.75, 3.05) is 18.0 Å². The molecule has 0 aromatic heterocycles. The molecule has 1 saturated heterocycles. The van der Waals surface area contributed by atoms with Gasteiger partial charge in [-0.15, -0.1) is 0 Å². The zero-order chi connectivity index (χ0) is 13.9. The smallest absolute Gasteiger partial charge is 0.0787 e. The number of anilines is 1. The number of rotatable bonds is 5. The molecule has 2 nitrogen and oxygen atoms in total. The van der Waals surface area contributed by atoms with Gasteiger partial charge in [-0.2, -0.15) is 0 Å². The average molecular weight is 261 g/mol. The zero-order valence-corrected chi connectivity index (χ0v) is 12.5. The Morgan fingerprint density at radius 1 is 1.16 bits per heavy atom. The van der Waals surface area contributed by atoms with Crippen molar-refractivity contribution in [3.05, 3.63) is 29.8 Å². The summed E-state index contributed by atoms with van der Waals surface area (Å²) in [4.78, 5) is 2.50. The standard InChI is InChI=1S/C17H27NO/c1-4-16(19)14-7-9-15(10-8-14)18-12-11-17(5-2,6-3)13-18/h7-10,16,19H,4-6,11-13H2,1-3H3. The van der Waals surface area contributed by atoms with Gasteiger partial charge in [0, 0.05) is 18.8 Å². The van der Waals surface area contributed by atoms with Gasteiger partial charge in [-0.25, -0.2) is 0 Å². The topological polar surface area (TPSA) is 23.5 Å². The second-order valence-electron chi connectivity index (χ2n) is 5.89. The Kier molecular flexibility index (Phi) is 4.51. The molecule has 1 unspecified atom stereocenters. The summed E-state index contributed by atoms with van der Waals surface area (Å²) in [6.45, 7) is 8.98. The molecular weight excluding hydrogens is 234 g/mol. The zero-order valence-electron chi connectivity index (χ0n) is 12.5. The van der Waals surface area contributed by atoms with E-state index in [2.05, 4.69) is 43.0 Å². The Morgan fingerprint density at radius 3 is 2.26 bits per heavy atom. The highest BCUT2D eigenvalue weighted by Crippen LogP contribution is 2.39. The number of hydrogen-bond donors (Lipinski definition) is 1. The van der Waals surface area contributed by atoms with Crippen LogP contribution in [0, 0.1) is 5.41 Å². The van der Waals surface area contributed by atoms with E-state index in [1.165, 1.54) is 31.5 Å². The van der Waals surface area contributed by atoms with Crippen molar-refractivity contribution >= 4 is 5.69 Å². The number of aliphatic hydroxyl groups excluding tert-OH is 1. The number of aliphatic hydroxyl groups is 1. The lowest BCUT2D eigenvalue weighted by molar-refractivity contribution is 0.173. The highest BCUT2D eigenvalue weighted by molar-refractivity contribution is 5.49. The molecule has 106 valence electrons. The van der Waals surface area contributed by atoms with Gasteiger partial charge in [-0.3, -0.25) is 0 Å². The maximum Gasteiger partial charge on any atom is 0.0787 e. The molecule has 19 heavy (non-hydrogen) atoms. The molecule has 0 radical (unpaired) electrons. The lowest BCUT2D eigenvalue weighted by Gasteiger charge is -2.27. The van der Waals surface area contributed by atoms with Crippen molar-refractivity contribution in [3.8, 4) is 0 Å². The first-order valence-corrected chi connectivity index (χ1v) is 7.67. The van der Waals surface area contributed by atoms with Crippen LogP contribution >= 0.6 is 0 Å². The SMILES string of the molecule is CCC(O)c1ccc(N2CCC(CC)(CC)C2)cc1. The Labute approximate surface area is 117 Å². The van der Waals surface area contributed by atoms with Gasteiger partial charge >= 0.3 is 0 Å². The van der Waals surface area contributed by atoms with Crippen LogP contribution in [0.15, 0.2) is 24.3 Å². The van der Waals surface area contributed by atoms with Gasteiger partial charge in [0.1, 0.15) is 0 Å². The third kappa shape index (κ3) is 2.94. The second kappa shape index (κ2) is 5.96. The monoisotopic (exact) mass is 261 g/mol. The van der Waals surface area contributed by atoms with Crippen LogP contribution in [0.4, 0.5) is 5.69 Å². The number of hydrogen-bond acceptors (Lipinski definition) is 2. The molecule has 0 bridgehead atoms. The summed E-state index contributed by atoms with van der Waals surface area (Å²) in [7, 11) is 0. The van der Waals surface area contributed by atoms with Gasteiger partial charge in [-0.05, 0) is 48.8 Å². The average Bonchev–Trinajstić information content (AvgIpc) is 2.92. The first kappa shape index (κ1) is 14.4. The van der Waals surface area contributed by atoms with Crippen LogP contribution in [0.2, 0.25) is 0 Å². The molecule has 1 fully saturated rings. The molecule has 0 amide bonds. The molecule has 0 aliphatic carbocycles. The van der Waals surface area contributed by atoms with E-state index in [9.17, 15) is 5.11 Å². The maximum absolute atomic E-state index is 9.83. The quantitative estimate of drug-likeness (QED) is 0.861. The maximum atomic E-state index is 9.83. The van der Waals surface area contributed by atoms with Gasteiger partial charge in [0.15, 0.2) is 0 Å². The minimum Gasteiger partial charge on any atom is -0.388 e. The van der Waals surface area contributed by atoms with Gasteiger partial charge < -0.3 is 10.0 Å². The molecule has 1 aliphatic rings. The Hall–Kier alpha value is -1.02. The van der Waals surface area contributed by atoms with E-state index in [4.69, 9.17) is 0 Å². The van der Waals surface area contributed by atoms with Crippen LogP contribution in [-0.4, -0.2) is 18.2 Å². The number of benzene rings is 1. The minimum absolute atomic E-state index is 0.321. The molecule has 2 rings (SSSR count). The largest absolute Gasteiger partial charge is 0.388 e. The van der Waals surface area contributed by atoms with E-state index in [-0.39, 0.29) is 6.10 Å². The Morgan fingerprint density at radius 2 is 1.79 bits per heavy atom. The van der Waals surface area contributed by atoms with E-state index < -0.39 is 0 Å². The van der Waals surface area contributed by atoms with Gasteiger partial charge in [0.05, 0.1) is 6.10 Å². The van der Waals surface area contributed by atoms with E-state index in [0.717, 1.165) is 18.5 Å². The molecule has 2 heteroatoms. The summed E-state index contributed by atoms with van der Waals surface area (Å²) in [5.41, 5.74) is 2.85. The molecule has 1 atom stereocenters. The summed E-state index contributed by atoms with van der Waals surface area (Å²) in [6.07, 6.45) is 4.30. The molecular formula is C17H27NO. The molecule has 1 N–H and O–H groups in total. The molecule has 1 aromatic rings. The normalized spacial score (nSPS) is 19.7. The van der Waals surface area contributed by atoms with Crippen molar-refractivity contribution in [3.63, 3.8) is 0 Å². The first-order chi connectivity index (χ1) is 9.14. The van der Waals surface area contributed by atoms with Gasteiger partial charge in [0.25, 0.3) is 0 Å². The highest BCUT2D eigenvalue weighted by atomic mass is 16.3. The lowest BCUT2D eigenvalue weighted by atomic mass is 9.82. The van der Waals surface area contributed by atoms with Crippen LogP contribution < -0.4 is 4.90 Å². The Balaban J connectivity index is 2.08. The second-order valence-corrected chi connectivity index (χ2v) is 5.89. The van der Waals surface area contributed by atoms with E-state index in [1.54, 1.807) is 0 Å². The minimum atomic E-state index is -0.321. The Bertz CT molecular complexity index is 394.